The Balaban J connectivity index is 1.64. The van der Waals surface area contributed by atoms with Crippen LogP contribution in [0.15, 0.2) is 51.7 Å². The molecule has 3 N–H and O–H groups in total. The van der Waals surface area contributed by atoms with Gasteiger partial charge >= 0.3 is 6.03 Å². The van der Waals surface area contributed by atoms with Gasteiger partial charge in [-0.15, -0.1) is 11.3 Å². The third kappa shape index (κ3) is 5.66. The molecule has 0 saturated carbocycles. The Morgan fingerprint density at radius 2 is 2.03 bits per heavy atom. The zero-order valence-corrected chi connectivity index (χ0v) is 17.1. The summed E-state index contributed by atoms with van der Waals surface area (Å²) < 4.78 is 1.45. The second-order valence-electron chi connectivity index (χ2n) is 6.04. The molecular weight excluding hydrogens is 412 g/mol. The minimum Gasteiger partial charge on any atom is -0.396 e. The fraction of sp³-hybridized carbons (Fsp3) is 0.263. The van der Waals surface area contributed by atoms with Crippen molar-refractivity contribution in [2.75, 3.05) is 12.4 Å². The van der Waals surface area contributed by atoms with E-state index in [0.717, 1.165) is 16.6 Å². The average Bonchev–Trinajstić information content (AvgIpc) is 3.24. The third-order valence-electron chi connectivity index (χ3n) is 3.96. The second kappa shape index (κ2) is 10.2. The van der Waals surface area contributed by atoms with Crippen LogP contribution in [0.4, 0.5) is 4.79 Å². The second-order valence-corrected chi connectivity index (χ2v) is 8.02. The number of hydrogen-bond acceptors (Lipinski definition) is 7. The van der Waals surface area contributed by atoms with Crippen LogP contribution in [-0.4, -0.2) is 39.0 Å². The van der Waals surface area contributed by atoms with E-state index in [4.69, 9.17) is 5.11 Å². The Kier molecular flexibility index (Phi) is 7.39. The van der Waals surface area contributed by atoms with Gasteiger partial charge in [0.2, 0.25) is 5.91 Å². The molecule has 3 rings (SSSR count). The molecule has 0 aliphatic heterocycles. The fourth-order valence-electron chi connectivity index (χ4n) is 2.60. The number of nitrogens with zero attached hydrogens (tertiary/aromatic N) is 2. The standard InChI is InChI=1S/C19H20N4O4S2/c24-9-4-8-23-17(26)14-6-1-2-7-15(14)21-19(23)29-12-16(25)22-18(27)20-11-13-5-3-10-28-13/h1-3,5-7,10,24H,4,8-9,11-12H2,(H2,20,22,25,27). The van der Waals surface area contributed by atoms with Crippen LogP contribution >= 0.6 is 23.1 Å². The summed E-state index contributed by atoms with van der Waals surface area (Å²) in [6.07, 6.45) is 0.394. The van der Waals surface area contributed by atoms with E-state index in [2.05, 4.69) is 15.6 Å². The number of rotatable bonds is 8. The van der Waals surface area contributed by atoms with Crippen LogP contribution in [0, 0.1) is 0 Å². The van der Waals surface area contributed by atoms with Crippen molar-refractivity contribution in [1.29, 1.82) is 0 Å². The van der Waals surface area contributed by atoms with Crippen LogP contribution in [0.2, 0.25) is 0 Å². The van der Waals surface area contributed by atoms with Crippen molar-refractivity contribution in [1.82, 2.24) is 20.2 Å². The molecule has 3 aromatic rings. The molecule has 0 radical (unpaired) electrons. The van der Waals surface area contributed by atoms with Crippen LogP contribution < -0.4 is 16.2 Å². The number of carbonyl (C=O) groups is 2. The molecule has 3 amide bonds. The normalized spacial score (nSPS) is 10.8. The highest BCUT2D eigenvalue weighted by atomic mass is 32.2. The van der Waals surface area contributed by atoms with Gasteiger partial charge in [0.1, 0.15) is 0 Å². The zero-order valence-electron chi connectivity index (χ0n) is 15.5. The molecule has 29 heavy (non-hydrogen) atoms. The van der Waals surface area contributed by atoms with Crippen LogP contribution in [-0.2, 0) is 17.9 Å². The average molecular weight is 433 g/mol. The van der Waals surface area contributed by atoms with E-state index in [-0.39, 0.29) is 17.9 Å². The molecule has 0 atom stereocenters. The lowest BCUT2D eigenvalue weighted by Gasteiger charge is -2.12. The minimum atomic E-state index is -0.576. The van der Waals surface area contributed by atoms with Crippen molar-refractivity contribution in [3.63, 3.8) is 0 Å². The van der Waals surface area contributed by atoms with E-state index in [1.807, 2.05) is 17.5 Å². The lowest BCUT2D eigenvalue weighted by Crippen LogP contribution is -2.40. The first-order valence-electron chi connectivity index (χ1n) is 8.92. The summed E-state index contributed by atoms with van der Waals surface area (Å²) in [6.45, 7) is 0.573. The van der Waals surface area contributed by atoms with Gasteiger partial charge < -0.3 is 10.4 Å². The summed E-state index contributed by atoms with van der Waals surface area (Å²) in [5.41, 5.74) is 0.315. The van der Waals surface area contributed by atoms with Gasteiger partial charge in [0.25, 0.3) is 5.56 Å². The topological polar surface area (TPSA) is 113 Å². The van der Waals surface area contributed by atoms with Gasteiger partial charge in [0, 0.05) is 18.0 Å². The number of benzene rings is 1. The molecule has 8 nitrogen and oxygen atoms in total. The molecule has 0 aliphatic carbocycles. The van der Waals surface area contributed by atoms with Crippen LogP contribution in [0.3, 0.4) is 0 Å². The molecule has 0 fully saturated rings. The maximum Gasteiger partial charge on any atom is 0.321 e. The zero-order chi connectivity index (χ0) is 20.6. The van der Waals surface area contributed by atoms with Crippen LogP contribution in [0.5, 0.6) is 0 Å². The number of para-hydroxylation sites is 1. The van der Waals surface area contributed by atoms with Crippen molar-refractivity contribution in [2.45, 2.75) is 24.7 Å². The molecule has 2 heterocycles. The number of carbonyl (C=O) groups excluding carboxylic acids is 2. The molecule has 10 heteroatoms. The Bertz CT molecular complexity index is 1050. The number of imide groups is 1. The Hall–Kier alpha value is -2.69. The predicted molar refractivity (Wildman–Crippen MR) is 113 cm³/mol. The van der Waals surface area contributed by atoms with Crippen molar-refractivity contribution in [3.8, 4) is 0 Å². The van der Waals surface area contributed by atoms with Crippen molar-refractivity contribution >= 4 is 45.9 Å². The van der Waals surface area contributed by atoms with E-state index < -0.39 is 11.9 Å². The van der Waals surface area contributed by atoms with E-state index in [1.165, 1.54) is 15.9 Å². The van der Waals surface area contributed by atoms with Gasteiger partial charge in [-0.05, 0) is 30.0 Å². The summed E-state index contributed by atoms with van der Waals surface area (Å²) in [5, 5.41) is 16.8. The summed E-state index contributed by atoms with van der Waals surface area (Å²) in [5.74, 6) is -0.564. The van der Waals surface area contributed by atoms with Gasteiger partial charge in [-0.3, -0.25) is 19.5 Å². The molecule has 0 bridgehead atoms. The SMILES string of the molecule is O=C(CSc1nc2ccccc2c(=O)n1CCCO)NC(=O)NCc1cccs1. The Morgan fingerprint density at radius 1 is 1.21 bits per heavy atom. The van der Waals surface area contributed by atoms with Crippen molar-refractivity contribution in [2.24, 2.45) is 0 Å². The van der Waals surface area contributed by atoms with Gasteiger partial charge in [-0.25, -0.2) is 9.78 Å². The number of hydrogen-bond donors (Lipinski definition) is 3. The lowest BCUT2D eigenvalue weighted by molar-refractivity contribution is -0.117. The highest BCUT2D eigenvalue weighted by molar-refractivity contribution is 7.99. The first-order chi connectivity index (χ1) is 14.1. The fourth-order valence-corrected chi connectivity index (χ4v) is 4.07. The van der Waals surface area contributed by atoms with Crippen LogP contribution in [0.25, 0.3) is 10.9 Å². The number of thioether (sulfide) groups is 1. The maximum atomic E-state index is 12.7. The summed E-state index contributed by atoms with van der Waals surface area (Å²) in [7, 11) is 0. The number of urea groups is 1. The molecule has 0 aliphatic rings. The van der Waals surface area contributed by atoms with Gasteiger partial charge in [-0.2, -0.15) is 0 Å². The first-order valence-corrected chi connectivity index (χ1v) is 10.8. The number of nitrogens with one attached hydrogen (secondary N) is 2. The van der Waals surface area contributed by atoms with E-state index in [1.54, 1.807) is 24.3 Å². The molecular formula is C19H20N4O4S2. The molecule has 2 aromatic heterocycles. The molecule has 0 saturated heterocycles. The minimum absolute atomic E-state index is 0.0612. The molecule has 0 spiro atoms. The quantitative estimate of drug-likeness (QED) is 0.370. The van der Waals surface area contributed by atoms with Crippen LogP contribution in [0.1, 0.15) is 11.3 Å². The number of thiophene rings is 1. The summed E-state index contributed by atoms with van der Waals surface area (Å²) in [6, 6.07) is 10.2. The monoisotopic (exact) mass is 432 g/mol. The van der Waals surface area contributed by atoms with E-state index in [9.17, 15) is 14.4 Å². The summed E-state index contributed by atoms with van der Waals surface area (Å²) in [4.78, 5) is 42.2. The molecule has 1 aromatic carbocycles. The summed E-state index contributed by atoms with van der Waals surface area (Å²) >= 11 is 2.58. The number of amides is 3. The molecule has 0 unspecified atom stereocenters. The Labute approximate surface area is 175 Å². The van der Waals surface area contributed by atoms with E-state index >= 15 is 0 Å². The number of aromatic nitrogens is 2. The predicted octanol–water partition coefficient (Wildman–Crippen LogP) is 1.96. The smallest absolute Gasteiger partial charge is 0.321 e. The Morgan fingerprint density at radius 3 is 2.79 bits per heavy atom. The number of fused-ring (bicyclic) bond motifs is 1. The largest absolute Gasteiger partial charge is 0.396 e. The van der Waals surface area contributed by atoms with E-state index in [0.29, 0.717) is 35.6 Å². The van der Waals surface area contributed by atoms with Crippen molar-refractivity contribution < 1.29 is 14.7 Å². The lowest BCUT2D eigenvalue weighted by atomic mass is 10.2. The number of aliphatic hydroxyl groups excluding tert-OH is 1. The van der Waals surface area contributed by atoms with Gasteiger partial charge in [0.05, 0.1) is 23.2 Å². The van der Waals surface area contributed by atoms with Crippen molar-refractivity contribution in [3.05, 3.63) is 57.0 Å². The first kappa shape index (κ1) is 21.0. The number of aliphatic hydroxyl groups is 1. The molecule has 152 valence electrons. The van der Waals surface area contributed by atoms with Gasteiger partial charge in [0.15, 0.2) is 5.16 Å². The van der Waals surface area contributed by atoms with Gasteiger partial charge in [-0.1, -0.05) is 30.0 Å². The highest BCUT2D eigenvalue weighted by Gasteiger charge is 2.14. The highest BCUT2D eigenvalue weighted by Crippen LogP contribution is 2.18. The third-order valence-corrected chi connectivity index (χ3v) is 5.81. The maximum absolute atomic E-state index is 12.7.